The molecule has 94 valence electrons. The zero-order valence-electron chi connectivity index (χ0n) is 10.7. The highest BCUT2D eigenvalue weighted by Gasteiger charge is 2.48. The Hall–Kier alpha value is -1.29. The minimum absolute atomic E-state index is 0.141. The maximum absolute atomic E-state index is 5.73. The largest absolute Gasteiger partial charge is 0.399 e. The van der Waals surface area contributed by atoms with Gasteiger partial charge in [0.15, 0.2) is 0 Å². The van der Waals surface area contributed by atoms with Gasteiger partial charge in [0, 0.05) is 36.0 Å². The zero-order chi connectivity index (χ0) is 12.5. The fourth-order valence-electron chi connectivity index (χ4n) is 2.32. The molecule has 0 bridgehead atoms. The summed E-state index contributed by atoms with van der Waals surface area (Å²) < 4.78 is 5.70. The van der Waals surface area contributed by atoms with Crippen LogP contribution >= 0.6 is 0 Å². The normalized spacial score (nSPS) is 26.3. The molecule has 4 heteroatoms. The predicted octanol–water partition coefficient (Wildman–Crippen LogP) is 2.28. The van der Waals surface area contributed by atoms with E-state index in [0.29, 0.717) is 12.1 Å². The van der Waals surface area contributed by atoms with Crippen LogP contribution in [0.2, 0.25) is 0 Å². The third-order valence-electron chi connectivity index (χ3n) is 3.65. The molecule has 1 saturated carbocycles. The van der Waals surface area contributed by atoms with Crippen molar-refractivity contribution in [3.63, 3.8) is 0 Å². The van der Waals surface area contributed by atoms with Gasteiger partial charge in [-0.1, -0.05) is 13.8 Å². The number of anilines is 2. The van der Waals surface area contributed by atoms with Gasteiger partial charge in [0.25, 0.3) is 0 Å². The fourth-order valence-corrected chi connectivity index (χ4v) is 2.32. The topological polar surface area (TPSA) is 60.2 Å². The molecule has 17 heavy (non-hydrogen) atoms. The highest BCUT2D eigenvalue weighted by Crippen LogP contribution is 2.44. The molecule has 3 N–H and O–H groups in total. The summed E-state index contributed by atoms with van der Waals surface area (Å²) in [6.45, 7) is 7.26. The molecule has 0 radical (unpaired) electrons. The molecule has 1 heterocycles. The Balaban J connectivity index is 1.98. The number of pyridine rings is 1. The number of hydrogen-bond donors (Lipinski definition) is 2. The second-order valence-electron chi connectivity index (χ2n) is 5.17. The number of nitrogen functional groups attached to an aromatic ring is 1. The summed E-state index contributed by atoms with van der Waals surface area (Å²) in [6.07, 6.45) is 3.09. The van der Waals surface area contributed by atoms with Gasteiger partial charge in [-0.25, -0.2) is 4.98 Å². The smallest absolute Gasteiger partial charge is 0.128 e. The monoisotopic (exact) mass is 235 g/mol. The minimum atomic E-state index is 0.141. The second kappa shape index (κ2) is 4.53. The third kappa shape index (κ3) is 2.36. The van der Waals surface area contributed by atoms with Crippen molar-refractivity contribution < 1.29 is 4.74 Å². The fraction of sp³-hybridized carbons (Fsp3) is 0.615. The molecule has 0 aliphatic heterocycles. The molecule has 1 aromatic rings. The molecule has 2 atom stereocenters. The second-order valence-corrected chi connectivity index (χ2v) is 5.17. The lowest BCUT2D eigenvalue weighted by Crippen LogP contribution is -2.58. The van der Waals surface area contributed by atoms with E-state index >= 15 is 0 Å². The van der Waals surface area contributed by atoms with E-state index in [1.54, 1.807) is 12.3 Å². The van der Waals surface area contributed by atoms with E-state index in [1.165, 1.54) is 0 Å². The Morgan fingerprint density at radius 2 is 2.35 bits per heavy atom. The van der Waals surface area contributed by atoms with Crippen LogP contribution < -0.4 is 11.1 Å². The first-order valence-electron chi connectivity index (χ1n) is 6.13. The molecule has 2 unspecified atom stereocenters. The minimum Gasteiger partial charge on any atom is -0.399 e. The molecular weight excluding hydrogens is 214 g/mol. The van der Waals surface area contributed by atoms with Crippen LogP contribution in [0.25, 0.3) is 0 Å². The standard InChI is InChI=1S/C13H21N3O/c1-4-17-11-8-10(13(11,2)3)16-12-7-9(14)5-6-15-12/h5-7,10-11H,4,8H2,1-3H3,(H3,14,15,16). The van der Waals surface area contributed by atoms with E-state index in [1.807, 2.05) is 13.0 Å². The molecule has 0 aromatic carbocycles. The van der Waals surface area contributed by atoms with Crippen LogP contribution in [0.5, 0.6) is 0 Å². The molecule has 1 aliphatic carbocycles. The van der Waals surface area contributed by atoms with Crippen LogP contribution in [0, 0.1) is 5.41 Å². The number of rotatable bonds is 4. The summed E-state index contributed by atoms with van der Waals surface area (Å²) in [5, 5.41) is 3.43. The predicted molar refractivity (Wildman–Crippen MR) is 69.9 cm³/mol. The first kappa shape index (κ1) is 12.2. The number of nitrogens with zero attached hydrogens (tertiary/aromatic N) is 1. The van der Waals surface area contributed by atoms with E-state index in [-0.39, 0.29) is 5.41 Å². The van der Waals surface area contributed by atoms with E-state index in [0.717, 1.165) is 24.5 Å². The molecule has 1 aliphatic rings. The maximum atomic E-state index is 5.73. The van der Waals surface area contributed by atoms with Gasteiger partial charge in [-0.3, -0.25) is 0 Å². The summed E-state index contributed by atoms with van der Waals surface area (Å²) >= 11 is 0. The maximum Gasteiger partial charge on any atom is 0.128 e. The van der Waals surface area contributed by atoms with Gasteiger partial charge in [0.1, 0.15) is 5.82 Å². The van der Waals surface area contributed by atoms with Crippen LogP contribution in [-0.2, 0) is 4.74 Å². The molecular formula is C13H21N3O. The molecule has 0 spiro atoms. The molecule has 1 aromatic heterocycles. The lowest BCUT2D eigenvalue weighted by molar-refractivity contribution is -0.0976. The molecule has 1 fully saturated rings. The summed E-state index contributed by atoms with van der Waals surface area (Å²) in [4.78, 5) is 4.27. The number of aromatic nitrogens is 1. The summed E-state index contributed by atoms with van der Waals surface area (Å²) in [5.74, 6) is 0.845. The van der Waals surface area contributed by atoms with Gasteiger partial charge >= 0.3 is 0 Å². The highest BCUT2D eigenvalue weighted by atomic mass is 16.5. The average Bonchev–Trinajstić information content (AvgIpc) is 2.28. The van der Waals surface area contributed by atoms with Crippen LogP contribution in [0.15, 0.2) is 18.3 Å². The van der Waals surface area contributed by atoms with Crippen molar-refractivity contribution in [3.05, 3.63) is 18.3 Å². The van der Waals surface area contributed by atoms with Crippen molar-refractivity contribution in [2.45, 2.75) is 39.3 Å². The van der Waals surface area contributed by atoms with Crippen molar-refractivity contribution in [1.29, 1.82) is 0 Å². The van der Waals surface area contributed by atoms with E-state index in [4.69, 9.17) is 10.5 Å². The lowest BCUT2D eigenvalue weighted by atomic mass is 9.64. The van der Waals surface area contributed by atoms with Crippen LogP contribution in [-0.4, -0.2) is 23.7 Å². The molecule has 0 amide bonds. The Kier molecular flexibility index (Phi) is 3.24. The Morgan fingerprint density at radius 3 is 2.94 bits per heavy atom. The highest BCUT2D eigenvalue weighted by molar-refractivity contribution is 5.49. The lowest BCUT2D eigenvalue weighted by Gasteiger charge is -2.51. The van der Waals surface area contributed by atoms with Gasteiger partial charge in [0.2, 0.25) is 0 Å². The van der Waals surface area contributed by atoms with Gasteiger partial charge < -0.3 is 15.8 Å². The SMILES string of the molecule is CCOC1CC(Nc2cc(N)ccn2)C1(C)C. The third-order valence-corrected chi connectivity index (χ3v) is 3.65. The van der Waals surface area contributed by atoms with Crippen LogP contribution in [0.3, 0.4) is 0 Å². The Labute approximate surface area is 103 Å². The van der Waals surface area contributed by atoms with Crippen molar-refractivity contribution >= 4 is 11.5 Å². The van der Waals surface area contributed by atoms with E-state index < -0.39 is 0 Å². The first-order valence-corrected chi connectivity index (χ1v) is 6.13. The number of nitrogens with one attached hydrogen (secondary N) is 1. The summed E-state index contributed by atoms with van der Waals surface area (Å²) in [6, 6.07) is 4.05. The van der Waals surface area contributed by atoms with Gasteiger partial charge in [-0.15, -0.1) is 0 Å². The Morgan fingerprint density at radius 1 is 1.59 bits per heavy atom. The summed E-state index contributed by atoms with van der Waals surface area (Å²) in [7, 11) is 0. The van der Waals surface area contributed by atoms with Crippen molar-refractivity contribution in [1.82, 2.24) is 4.98 Å². The zero-order valence-corrected chi connectivity index (χ0v) is 10.7. The number of ether oxygens (including phenoxy) is 1. The van der Waals surface area contributed by atoms with Crippen LogP contribution in [0.1, 0.15) is 27.2 Å². The van der Waals surface area contributed by atoms with Gasteiger partial charge in [0.05, 0.1) is 6.10 Å². The van der Waals surface area contributed by atoms with E-state index in [9.17, 15) is 0 Å². The average molecular weight is 235 g/mol. The van der Waals surface area contributed by atoms with Crippen molar-refractivity contribution in [3.8, 4) is 0 Å². The van der Waals surface area contributed by atoms with Gasteiger partial charge in [-0.05, 0) is 19.4 Å². The Bertz CT molecular complexity index is 392. The summed E-state index contributed by atoms with van der Waals surface area (Å²) in [5.41, 5.74) is 6.61. The van der Waals surface area contributed by atoms with Crippen LogP contribution in [0.4, 0.5) is 11.5 Å². The van der Waals surface area contributed by atoms with Crippen molar-refractivity contribution in [2.75, 3.05) is 17.7 Å². The van der Waals surface area contributed by atoms with Crippen molar-refractivity contribution in [2.24, 2.45) is 5.41 Å². The van der Waals surface area contributed by atoms with Gasteiger partial charge in [-0.2, -0.15) is 0 Å². The molecule has 0 saturated heterocycles. The van der Waals surface area contributed by atoms with E-state index in [2.05, 4.69) is 24.1 Å². The molecule has 2 rings (SSSR count). The molecule has 4 nitrogen and oxygen atoms in total. The first-order chi connectivity index (χ1) is 8.04. The quantitative estimate of drug-likeness (QED) is 0.840. The number of hydrogen-bond acceptors (Lipinski definition) is 4. The number of nitrogens with two attached hydrogens (primary N) is 1.